The summed E-state index contributed by atoms with van der Waals surface area (Å²) in [7, 11) is 1.20. The van der Waals surface area contributed by atoms with Crippen molar-refractivity contribution in [3.63, 3.8) is 0 Å². The van der Waals surface area contributed by atoms with Crippen molar-refractivity contribution in [2.24, 2.45) is 0 Å². The fraction of sp³-hybridized carbons (Fsp3) is 0.118. The Kier molecular flexibility index (Phi) is 6.83. The minimum Gasteiger partial charge on any atom is -0.493 e. The molecule has 0 bridgehead atoms. The smallest absolute Gasteiger partial charge is 0.387 e. The van der Waals surface area contributed by atoms with Crippen LogP contribution in [0.5, 0.6) is 11.5 Å². The summed E-state index contributed by atoms with van der Waals surface area (Å²) < 4.78 is 34.7. The van der Waals surface area contributed by atoms with Gasteiger partial charge in [0.2, 0.25) is 5.91 Å². The van der Waals surface area contributed by atoms with Crippen molar-refractivity contribution >= 4 is 39.3 Å². The molecule has 0 aliphatic carbocycles. The fourth-order valence-electron chi connectivity index (χ4n) is 2.11. The second-order valence-corrected chi connectivity index (χ2v) is 5.85. The summed E-state index contributed by atoms with van der Waals surface area (Å²) in [6.45, 7) is -3.17. The number of methoxy groups -OCH3 is 1. The van der Waals surface area contributed by atoms with E-state index >= 15 is 0 Å². The van der Waals surface area contributed by atoms with E-state index in [1.54, 1.807) is 24.3 Å². The van der Waals surface area contributed by atoms with Gasteiger partial charge in [0.05, 0.1) is 29.4 Å². The lowest BCUT2D eigenvalue weighted by atomic mass is 10.1. The lowest BCUT2D eigenvalue weighted by Crippen LogP contribution is -2.08. The van der Waals surface area contributed by atoms with Gasteiger partial charge in [-0.25, -0.2) is 0 Å². The molecule has 0 saturated heterocycles. The summed E-state index contributed by atoms with van der Waals surface area (Å²) in [5, 5.41) is 13.8. The second kappa shape index (κ2) is 9.08. The number of carbonyl (C=O) groups excluding carboxylic acids is 1. The monoisotopic (exact) mass is 442 g/mol. The zero-order valence-electron chi connectivity index (χ0n) is 13.8. The number of nitro benzene ring substituents is 1. The number of benzene rings is 2. The van der Waals surface area contributed by atoms with E-state index in [9.17, 15) is 23.7 Å². The number of amides is 1. The number of rotatable bonds is 7. The van der Waals surface area contributed by atoms with Gasteiger partial charge in [-0.3, -0.25) is 14.9 Å². The Labute approximate surface area is 160 Å². The van der Waals surface area contributed by atoms with Crippen molar-refractivity contribution in [3.8, 4) is 11.5 Å². The lowest BCUT2D eigenvalue weighted by Gasteiger charge is -2.11. The number of alkyl halides is 2. The standard InChI is InChI=1S/C17H13BrF2N2O5/c1-26-14-8-10(13(22(24)25)9-15(14)27-17(19)20)6-7-16(23)21-12-5-3-2-4-11(12)18/h2-9,17H,1H3,(H,21,23)/b7-6+. The average Bonchev–Trinajstić information content (AvgIpc) is 2.61. The van der Waals surface area contributed by atoms with Crippen LogP contribution in [0, 0.1) is 10.1 Å². The number of halogens is 3. The van der Waals surface area contributed by atoms with E-state index in [-0.39, 0.29) is 11.3 Å². The SMILES string of the molecule is COc1cc(/C=C/C(=O)Nc2ccccc2Br)c([N+](=O)[O-])cc1OC(F)F. The molecule has 0 aliphatic rings. The zero-order chi connectivity index (χ0) is 20.0. The number of para-hydroxylation sites is 1. The molecule has 0 fully saturated rings. The third-order valence-corrected chi connectivity index (χ3v) is 3.96. The minimum absolute atomic E-state index is 0.0132. The van der Waals surface area contributed by atoms with Crippen LogP contribution in [0.1, 0.15) is 5.56 Å². The van der Waals surface area contributed by atoms with Crippen LogP contribution in [0.4, 0.5) is 20.2 Å². The molecule has 0 saturated carbocycles. The number of anilines is 1. The third-order valence-electron chi connectivity index (χ3n) is 3.27. The highest BCUT2D eigenvalue weighted by atomic mass is 79.9. The maximum absolute atomic E-state index is 12.4. The van der Waals surface area contributed by atoms with E-state index in [0.29, 0.717) is 10.2 Å². The predicted molar refractivity (Wildman–Crippen MR) is 98.1 cm³/mol. The molecule has 0 spiro atoms. The number of hydrogen-bond acceptors (Lipinski definition) is 5. The molecule has 7 nitrogen and oxygen atoms in total. The van der Waals surface area contributed by atoms with Gasteiger partial charge in [0.15, 0.2) is 11.5 Å². The van der Waals surface area contributed by atoms with Gasteiger partial charge in [0.25, 0.3) is 5.69 Å². The Morgan fingerprint density at radius 1 is 1.30 bits per heavy atom. The first-order chi connectivity index (χ1) is 12.8. The molecule has 27 heavy (non-hydrogen) atoms. The molecular formula is C17H13BrF2N2O5. The quantitative estimate of drug-likeness (QED) is 0.383. The van der Waals surface area contributed by atoms with E-state index in [2.05, 4.69) is 26.0 Å². The van der Waals surface area contributed by atoms with E-state index in [4.69, 9.17) is 4.74 Å². The van der Waals surface area contributed by atoms with Crippen molar-refractivity contribution in [1.29, 1.82) is 0 Å². The number of hydrogen-bond donors (Lipinski definition) is 1. The molecule has 2 rings (SSSR count). The molecule has 2 aromatic rings. The molecule has 0 aliphatic heterocycles. The van der Waals surface area contributed by atoms with Crippen molar-refractivity contribution < 1.29 is 28.0 Å². The Balaban J connectivity index is 2.30. The normalized spacial score (nSPS) is 10.9. The molecule has 1 N–H and O–H groups in total. The van der Waals surface area contributed by atoms with Crippen LogP contribution < -0.4 is 14.8 Å². The zero-order valence-corrected chi connectivity index (χ0v) is 15.4. The maximum Gasteiger partial charge on any atom is 0.387 e. The second-order valence-electron chi connectivity index (χ2n) is 5.00. The maximum atomic E-state index is 12.4. The van der Waals surface area contributed by atoms with Crippen LogP contribution >= 0.6 is 15.9 Å². The number of nitrogens with zero attached hydrogens (tertiary/aromatic N) is 1. The van der Waals surface area contributed by atoms with Crippen molar-refractivity contribution in [2.75, 3.05) is 12.4 Å². The Bertz CT molecular complexity index is 890. The highest BCUT2D eigenvalue weighted by Crippen LogP contribution is 2.36. The van der Waals surface area contributed by atoms with E-state index in [0.717, 1.165) is 18.2 Å². The van der Waals surface area contributed by atoms with Crippen LogP contribution in [-0.4, -0.2) is 24.6 Å². The van der Waals surface area contributed by atoms with Gasteiger partial charge in [0, 0.05) is 10.5 Å². The van der Waals surface area contributed by atoms with Gasteiger partial charge in [-0.2, -0.15) is 8.78 Å². The van der Waals surface area contributed by atoms with E-state index in [1.807, 2.05) is 0 Å². The third kappa shape index (κ3) is 5.48. The fourth-order valence-corrected chi connectivity index (χ4v) is 2.49. The molecule has 0 atom stereocenters. The molecule has 1 amide bonds. The van der Waals surface area contributed by atoms with Gasteiger partial charge in [-0.05, 0) is 40.2 Å². The van der Waals surface area contributed by atoms with Crippen LogP contribution in [0.2, 0.25) is 0 Å². The summed E-state index contributed by atoms with van der Waals surface area (Å²) in [6.07, 6.45) is 2.26. The van der Waals surface area contributed by atoms with Crippen molar-refractivity contribution in [1.82, 2.24) is 0 Å². The summed E-state index contributed by atoms with van der Waals surface area (Å²) in [6, 6.07) is 8.85. The van der Waals surface area contributed by atoms with Gasteiger partial charge < -0.3 is 14.8 Å². The first kappa shape index (κ1) is 20.3. The Morgan fingerprint density at radius 3 is 2.59 bits per heavy atom. The van der Waals surface area contributed by atoms with Gasteiger partial charge >= 0.3 is 6.61 Å². The van der Waals surface area contributed by atoms with Crippen molar-refractivity contribution in [3.05, 3.63) is 62.6 Å². The topological polar surface area (TPSA) is 90.7 Å². The van der Waals surface area contributed by atoms with Gasteiger partial charge in [-0.15, -0.1) is 0 Å². The molecule has 0 heterocycles. The van der Waals surface area contributed by atoms with Gasteiger partial charge in [0.1, 0.15) is 0 Å². The first-order valence-electron chi connectivity index (χ1n) is 7.36. The van der Waals surface area contributed by atoms with Crippen LogP contribution in [0.15, 0.2) is 46.9 Å². The molecular weight excluding hydrogens is 430 g/mol. The largest absolute Gasteiger partial charge is 0.493 e. The molecule has 0 radical (unpaired) electrons. The summed E-state index contributed by atoms with van der Waals surface area (Å²) >= 11 is 3.28. The highest BCUT2D eigenvalue weighted by Gasteiger charge is 2.20. The number of nitro groups is 1. The number of ether oxygens (including phenoxy) is 2. The van der Waals surface area contributed by atoms with Crippen LogP contribution in [-0.2, 0) is 4.79 Å². The number of nitrogens with one attached hydrogen (secondary N) is 1. The number of carbonyl (C=O) groups is 1. The minimum atomic E-state index is -3.17. The van der Waals surface area contributed by atoms with Crippen molar-refractivity contribution in [2.45, 2.75) is 6.61 Å². The van der Waals surface area contributed by atoms with Crippen LogP contribution in [0.25, 0.3) is 6.08 Å². The molecule has 142 valence electrons. The molecule has 0 unspecified atom stereocenters. The summed E-state index contributed by atoms with van der Waals surface area (Å²) in [5.74, 6) is -1.15. The predicted octanol–water partition coefficient (Wildman–Crippen LogP) is 4.62. The lowest BCUT2D eigenvalue weighted by molar-refractivity contribution is -0.385. The first-order valence-corrected chi connectivity index (χ1v) is 8.16. The molecule has 0 aromatic heterocycles. The van der Waals surface area contributed by atoms with Gasteiger partial charge in [-0.1, -0.05) is 12.1 Å². The average molecular weight is 443 g/mol. The molecule has 2 aromatic carbocycles. The van der Waals surface area contributed by atoms with E-state index in [1.165, 1.54) is 13.2 Å². The highest BCUT2D eigenvalue weighted by molar-refractivity contribution is 9.10. The van der Waals surface area contributed by atoms with Crippen LogP contribution in [0.3, 0.4) is 0 Å². The molecule has 10 heteroatoms. The Hall–Kier alpha value is -3.01. The summed E-state index contributed by atoms with van der Waals surface area (Å²) in [4.78, 5) is 22.5. The summed E-state index contributed by atoms with van der Waals surface area (Å²) in [5.41, 5.74) is -0.0166. The Morgan fingerprint density at radius 2 is 2.00 bits per heavy atom. The van der Waals surface area contributed by atoms with E-state index < -0.39 is 28.9 Å².